The highest BCUT2D eigenvalue weighted by Crippen LogP contribution is 2.09. The van der Waals surface area contributed by atoms with Gasteiger partial charge < -0.3 is 16.8 Å². The second-order valence-corrected chi connectivity index (χ2v) is 4.31. The van der Waals surface area contributed by atoms with Gasteiger partial charge in [0, 0.05) is 18.3 Å². The number of nitrogens with zero attached hydrogens (tertiary/aromatic N) is 2. The van der Waals surface area contributed by atoms with Crippen molar-refractivity contribution in [2.45, 2.75) is 13.1 Å². The number of rotatable bonds is 6. The van der Waals surface area contributed by atoms with Crippen LogP contribution in [0.3, 0.4) is 0 Å². The zero-order valence-corrected chi connectivity index (χ0v) is 10.7. The van der Waals surface area contributed by atoms with Crippen LogP contribution >= 0.6 is 0 Å². The van der Waals surface area contributed by atoms with Gasteiger partial charge >= 0.3 is 0 Å². The highest BCUT2D eigenvalue weighted by atomic mass is 16.1. The summed E-state index contributed by atoms with van der Waals surface area (Å²) in [5.41, 5.74) is 12.4. The molecule has 2 aromatic rings. The summed E-state index contributed by atoms with van der Waals surface area (Å²) in [5, 5.41) is 7.13. The molecule has 2 amide bonds. The van der Waals surface area contributed by atoms with Gasteiger partial charge in [0.2, 0.25) is 11.8 Å². The Morgan fingerprint density at radius 1 is 1.30 bits per heavy atom. The Balaban J connectivity index is 1.98. The lowest BCUT2D eigenvalue weighted by atomic mass is 10.1. The van der Waals surface area contributed by atoms with Crippen LogP contribution in [-0.4, -0.2) is 21.6 Å². The number of carbonyl (C=O) groups is 2. The van der Waals surface area contributed by atoms with Gasteiger partial charge in [0.1, 0.15) is 6.54 Å². The van der Waals surface area contributed by atoms with E-state index in [-0.39, 0.29) is 6.54 Å². The first-order valence-electron chi connectivity index (χ1n) is 5.98. The smallest absolute Gasteiger partial charge is 0.248 e. The summed E-state index contributed by atoms with van der Waals surface area (Å²) < 4.78 is 1.45. The van der Waals surface area contributed by atoms with Gasteiger partial charge in [-0.1, -0.05) is 12.1 Å². The minimum atomic E-state index is -0.457. The topological polar surface area (TPSA) is 116 Å². The van der Waals surface area contributed by atoms with Crippen molar-refractivity contribution in [3.05, 3.63) is 47.8 Å². The summed E-state index contributed by atoms with van der Waals surface area (Å²) in [4.78, 5) is 21.8. The molecule has 0 aliphatic carbocycles. The van der Waals surface area contributed by atoms with Gasteiger partial charge in [0.05, 0.1) is 11.9 Å². The maximum atomic E-state index is 11.1. The molecule has 2 rings (SSSR count). The zero-order chi connectivity index (χ0) is 14.5. The van der Waals surface area contributed by atoms with Gasteiger partial charge in [0.25, 0.3) is 0 Å². The van der Waals surface area contributed by atoms with E-state index in [1.807, 2.05) is 6.07 Å². The van der Waals surface area contributed by atoms with Crippen molar-refractivity contribution in [1.29, 1.82) is 0 Å². The zero-order valence-electron chi connectivity index (χ0n) is 10.7. The molecule has 20 heavy (non-hydrogen) atoms. The van der Waals surface area contributed by atoms with E-state index in [2.05, 4.69) is 10.4 Å². The molecule has 7 nitrogen and oxygen atoms in total. The second-order valence-electron chi connectivity index (χ2n) is 4.31. The number of amides is 2. The Hall–Kier alpha value is -2.83. The first-order chi connectivity index (χ1) is 9.54. The van der Waals surface area contributed by atoms with E-state index in [1.54, 1.807) is 30.6 Å². The summed E-state index contributed by atoms with van der Waals surface area (Å²) in [6.07, 6.45) is 3.28. The van der Waals surface area contributed by atoms with E-state index in [9.17, 15) is 9.59 Å². The average molecular weight is 273 g/mol. The molecule has 1 aromatic carbocycles. The quantitative estimate of drug-likeness (QED) is 0.691. The van der Waals surface area contributed by atoms with Crippen molar-refractivity contribution in [3.63, 3.8) is 0 Å². The number of primary amides is 2. The van der Waals surface area contributed by atoms with Crippen LogP contribution in [0.2, 0.25) is 0 Å². The summed E-state index contributed by atoms with van der Waals surface area (Å²) in [5.74, 6) is -0.907. The third-order valence-corrected chi connectivity index (χ3v) is 2.66. The number of hydrogen-bond acceptors (Lipinski definition) is 4. The van der Waals surface area contributed by atoms with Crippen LogP contribution in [0.4, 0.5) is 5.69 Å². The second kappa shape index (κ2) is 5.87. The molecule has 0 fully saturated rings. The number of aromatic nitrogens is 2. The predicted molar refractivity (Wildman–Crippen MR) is 73.7 cm³/mol. The van der Waals surface area contributed by atoms with Crippen LogP contribution in [0.15, 0.2) is 36.7 Å². The summed E-state index contributed by atoms with van der Waals surface area (Å²) in [6.45, 7) is 0.558. The Kier molecular flexibility index (Phi) is 3.99. The summed E-state index contributed by atoms with van der Waals surface area (Å²) in [7, 11) is 0. The minimum absolute atomic E-state index is 0.0405. The molecule has 0 saturated carbocycles. The molecule has 0 radical (unpaired) electrons. The predicted octanol–water partition coefficient (Wildman–Crippen LogP) is 0.0794. The molecular formula is C13H15N5O2. The molecule has 1 heterocycles. The lowest BCUT2D eigenvalue weighted by Gasteiger charge is -2.05. The molecule has 0 atom stereocenters. The number of anilines is 1. The third-order valence-electron chi connectivity index (χ3n) is 2.66. The average Bonchev–Trinajstić information content (AvgIpc) is 2.83. The number of hydrogen-bond donors (Lipinski definition) is 3. The number of carbonyl (C=O) groups excluding carboxylic acids is 2. The number of nitrogens with one attached hydrogen (secondary N) is 1. The van der Waals surface area contributed by atoms with E-state index in [1.165, 1.54) is 4.68 Å². The lowest BCUT2D eigenvalue weighted by molar-refractivity contribution is -0.118. The first kappa shape index (κ1) is 13.6. The molecule has 0 saturated heterocycles. The van der Waals surface area contributed by atoms with Crippen LogP contribution in [0.25, 0.3) is 0 Å². The van der Waals surface area contributed by atoms with Crippen molar-refractivity contribution in [1.82, 2.24) is 9.78 Å². The molecular weight excluding hydrogens is 258 g/mol. The van der Waals surface area contributed by atoms with Crippen LogP contribution < -0.4 is 16.8 Å². The van der Waals surface area contributed by atoms with Crippen LogP contribution in [0, 0.1) is 0 Å². The van der Waals surface area contributed by atoms with Crippen LogP contribution in [-0.2, 0) is 17.9 Å². The van der Waals surface area contributed by atoms with E-state index in [0.29, 0.717) is 12.1 Å². The lowest BCUT2D eigenvalue weighted by Crippen LogP contribution is -2.18. The fourth-order valence-electron chi connectivity index (χ4n) is 1.74. The normalized spacial score (nSPS) is 10.2. The summed E-state index contributed by atoms with van der Waals surface area (Å²) >= 11 is 0. The maximum absolute atomic E-state index is 11.1. The highest BCUT2D eigenvalue weighted by molar-refractivity contribution is 5.92. The largest absolute Gasteiger partial charge is 0.378 e. The van der Waals surface area contributed by atoms with Crippen molar-refractivity contribution in [2.75, 3.05) is 5.32 Å². The third kappa shape index (κ3) is 3.58. The monoisotopic (exact) mass is 273 g/mol. The van der Waals surface area contributed by atoms with Gasteiger partial charge in [0.15, 0.2) is 0 Å². The summed E-state index contributed by atoms with van der Waals surface area (Å²) in [6, 6.07) is 7.04. The minimum Gasteiger partial charge on any atom is -0.378 e. The SMILES string of the molecule is NC(=O)Cn1cc(NCc2cccc(C(N)=O)c2)cn1. The Morgan fingerprint density at radius 2 is 2.10 bits per heavy atom. The van der Waals surface area contributed by atoms with E-state index in [4.69, 9.17) is 11.5 Å². The van der Waals surface area contributed by atoms with E-state index in [0.717, 1.165) is 11.3 Å². The molecule has 7 heteroatoms. The Bertz CT molecular complexity index is 635. The molecule has 1 aromatic heterocycles. The highest BCUT2D eigenvalue weighted by Gasteiger charge is 2.03. The van der Waals surface area contributed by atoms with Gasteiger partial charge in [-0.05, 0) is 17.7 Å². The van der Waals surface area contributed by atoms with Crippen LogP contribution in [0.5, 0.6) is 0 Å². The molecule has 0 unspecified atom stereocenters. The van der Waals surface area contributed by atoms with Gasteiger partial charge in [-0.25, -0.2) is 0 Å². The van der Waals surface area contributed by atoms with Crippen molar-refractivity contribution in [3.8, 4) is 0 Å². The number of benzene rings is 1. The Labute approximate surface area is 115 Å². The van der Waals surface area contributed by atoms with Gasteiger partial charge in [-0.15, -0.1) is 0 Å². The standard InChI is InChI=1S/C13H15N5O2/c14-12(19)8-18-7-11(6-17-18)16-5-9-2-1-3-10(4-9)13(15)20/h1-4,6-7,16H,5,8H2,(H2,14,19)(H2,15,20). The van der Waals surface area contributed by atoms with Gasteiger partial charge in [-0.3, -0.25) is 14.3 Å². The molecule has 0 aliphatic heterocycles. The fraction of sp³-hybridized carbons (Fsp3) is 0.154. The molecule has 0 aliphatic rings. The molecule has 5 N–H and O–H groups in total. The van der Waals surface area contributed by atoms with Crippen molar-refractivity contribution < 1.29 is 9.59 Å². The molecule has 0 spiro atoms. The number of nitrogens with two attached hydrogens (primary N) is 2. The Morgan fingerprint density at radius 3 is 2.80 bits per heavy atom. The maximum Gasteiger partial charge on any atom is 0.248 e. The molecule has 0 bridgehead atoms. The van der Waals surface area contributed by atoms with Crippen molar-refractivity contribution in [2.24, 2.45) is 11.5 Å². The first-order valence-corrected chi connectivity index (χ1v) is 5.98. The fourth-order valence-corrected chi connectivity index (χ4v) is 1.74. The van der Waals surface area contributed by atoms with Gasteiger partial charge in [-0.2, -0.15) is 5.10 Å². The van der Waals surface area contributed by atoms with E-state index >= 15 is 0 Å². The molecule has 104 valence electrons. The van der Waals surface area contributed by atoms with Crippen molar-refractivity contribution >= 4 is 17.5 Å². The van der Waals surface area contributed by atoms with E-state index < -0.39 is 11.8 Å². The van der Waals surface area contributed by atoms with Crippen LogP contribution in [0.1, 0.15) is 15.9 Å².